The molecule has 1 rings (SSSR count). The first-order valence-electron chi connectivity index (χ1n) is 4.39. The Morgan fingerprint density at radius 1 is 1.58 bits per heavy atom. The second-order valence-corrected chi connectivity index (χ2v) is 3.25. The Balaban J connectivity index is 2.24. The number of carbonyl (C=O) groups is 1. The molecule has 70 valence electrons. The Hall–Kier alpha value is -0.610. The van der Waals surface area contributed by atoms with Crippen LogP contribution in [0.1, 0.15) is 19.8 Å². The Bertz CT molecular complexity index is 155. The molecule has 4 heteroatoms. The second kappa shape index (κ2) is 4.42. The Morgan fingerprint density at radius 2 is 2.17 bits per heavy atom. The lowest BCUT2D eigenvalue weighted by Crippen LogP contribution is -2.46. The zero-order chi connectivity index (χ0) is 8.97. The Labute approximate surface area is 72.3 Å². The van der Waals surface area contributed by atoms with Gasteiger partial charge in [0.2, 0.25) is 0 Å². The van der Waals surface area contributed by atoms with Gasteiger partial charge in [0.15, 0.2) is 0 Å². The molecule has 1 heterocycles. The molecule has 0 aromatic carbocycles. The van der Waals surface area contributed by atoms with Crippen LogP contribution in [0.3, 0.4) is 0 Å². The van der Waals surface area contributed by atoms with E-state index >= 15 is 0 Å². The standard InChI is InChI=1S/C8H16N2O2/c1-6(8(11)12)10-7-2-4-9-5-3-7/h6-7,9-10H,2-5H2,1H3,(H,11,12). The SMILES string of the molecule is CC(NC1CCNCC1)C(=O)O. The summed E-state index contributed by atoms with van der Waals surface area (Å²) in [5, 5.41) is 14.9. The topological polar surface area (TPSA) is 61.4 Å². The Kier molecular flexibility index (Phi) is 3.49. The minimum Gasteiger partial charge on any atom is -0.480 e. The number of nitrogens with one attached hydrogen (secondary N) is 2. The molecular weight excluding hydrogens is 156 g/mol. The number of aliphatic carboxylic acids is 1. The van der Waals surface area contributed by atoms with Crippen LogP contribution in [-0.4, -0.2) is 36.2 Å². The first kappa shape index (κ1) is 9.48. The molecule has 0 aromatic rings. The summed E-state index contributed by atoms with van der Waals surface area (Å²) in [5.74, 6) is -0.770. The van der Waals surface area contributed by atoms with Gasteiger partial charge in [-0.05, 0) is 32.9 Å². The molecule has 0 spiro atoms. The molecule has 3 N–H and O–H groups in total. The monoisotopic (exact) mass is 172 g/mol. The molecule has 1 unspecified atom stereocenters. The fourth-order valence-electron chi connectivity index (χ4n) is 1.41. The molecule has 0 radical (unpaired) electrons. The predicted octanol–water partition coefficient (Wildman–Crippen LogP) is -0.199. The van der Waals surface area contributed by atoms with Crippen LogP contribution in [-0.2, 0) is 4.79 Å². The van der Waals surface area contributed by atoms with Crippen LogP contribution in [0.4, 0.5) is 0 Å². The van der Waals surface area contributed by atoms with Crippen molar-refractivity contribution in [2.24, 2.45) is 0 Å². The van der Waals surface area contributed by atoms with Gasteiger partial charge >= 0.3 is 5.97 Å². The summed E-state index contributed by atoms with van der Waals surface area (Å²) in [5.41, 5.74) is 0. The van der Waals surface area contributed by atoms with E-state index in [0.717, 1.165) is 25.9 Å². The van der Waals surface area contributed by atoms with Gasteiger partial charge in [-0.3, -0.25) is 4.79 Å². The van der Waals surface area contributed by atoms with Gasteiger partial charge in [-0.25, -0.2) is 0 Å². The van der Waals surface area contributed by atoms with E-state index in [2.05, 4.69) is 10.6 Å². The number of rotatable bonds is 3. The van der Waals surface area contributed by atoms with Crippen molar-refractivity contribution < 1.29 is 9.90 Å². The molecule has 1 aliphatic heterocycles. The number of carboxylic acids is 1. The van der Waals surface area contributed by atoms with Crippen molar-refractivity contribution in [1.82, 2.24) is 10.6 Å². The van der Waals surface area contributed by atoms with Crippen molar-refractivity contribution in [3.63, 3.8) is 0 Å². The highest BCUT2D eigenvalue weighted by Gasteiger charge is 2.18. The number of hydrogen-bond acceptors (Lipinski definition) is 3. The first-order valence-corrected chi connectivity index (χ1v) is 4.39. The quantitative estimate of drug-likeness (QED) is 0.552. The largest absolute Gasteiger partial charge is 0.480 e. The van der Waals surface area contributed by atoms with Crippen molar-refractivity contribution in [1.29, 1.82) is 0 Å². The van der Waals surface area contributed by atoms with Crippen molar-refractivity contribution in [3.8, 4) is 0 Å². The third kappa shape index (κ3) is 2.79. The summed E-state index contributed by atoms with van der Waals surface area (Å²) in [4.78, 5) is 10.5. The zero-order valence-electron chi connectivity index (χ0n) is 7.34. The summed E-state index contributed by atoms with van der Waals surface area (Å²) < 4.78 is 0. The van der Waals surface area contributed by atoms with E-state index in [9.17, 15) is 4.79 Å². The van der Waals surface area contributed by atoms with Gasteiger partial charge in [0.1, 0.15) is 6.04 Å². The van der Waals surface area contributed by atoms with Crippen molar-refractivity contribution in [2.75, 3.05) is 13.1 Å². The first-order chi connectivity index (χ1) is 5.70. The van der Waals surface area contributed by atoms with E-state index in [0.29, 0.717) is 6.04 Å². The number of hydrogen-bond donors (Lipinski definition) is 3. The van der Waals surface area contributed by atoms with Crippen LogP contribution in [0.15, 0.2) is 0 Å². The summed E-state index contributed by atoms with van der Waals surface area (Å²) in [6, 6.07) is -0.0505. The Morgan fingerprint density at radius 3 is 2.67 bits per heavy atom. The highest BCUT2D eigenvalue weighted by atomic mass is 16.4. The van der Waals surface area contributed by atoms with E-state index in [1.54, 1.807) is 6.92 Å². The fraction of sp³-hybridized carbons (Fsp3) is 0.875. The molecule has 4 nitrogen and oxygen atoms in total. The van der Waals surface area contributed by atoms with Gasteiger partial charge in [-0.15, -0.1) is 0 Å². The van der Waals surface area contributed by atoms with E-state index in [1.165, 1.54) is 0 Å². The van der Waals surface area contributed by atoms with E-state index in [4.69, 9.17) is 5.11 Å². The molecule has 1 atom stereocenters. The lowest BCUT2D eigenvalue weighted by molar-refractivity contribution is -0.139. The molecule has 0 aromatic heterocycles. The molecule has 1 aliphatic rings. The lowest BCUT2D eigenvalue weighted by Gasteiger charge is -2.25. The van der Waals surface area contributed by atoms with Gasteiger partial charge < -0.3 is 15.7 Å². The fourth-order valence-corrected chi connectivity index (χ4v) is 1.41. The summed E-state index contributed by atoms with van der Waals surface area (Å²) >= 11 is 0. The van der Waals surface area contributed by atoms with Gasteiger partial charge in [0, 0.05) is 6.04 Å². The molecule has 12 heavy (non-hydrogen) atoms. The molecule has 1 saturated heterocycles. The highest BCUT2D eigenvalue weighted by molar-refractivity contribution is 5.72. The average molecular weight is 172 g/mol. The second-order valence-electron chi connectivity index (χ2n) is 3.25. The van der Waals surface area contributed by atoms with Gasteiger partial charge in [0.25, 0.3) is 0 Å². The summed E-state index contributed by atoms with van der Waals surface area (Å²) in [6.07, 6.45) is 2.05. The van der Waals surface area contributed by atoms with Crippen molar-refractivity contribution >= 4 is 5.97 Å². The smallest absolute Gasteiger partial charge is 0.320 e. The van der Waals surface area contributed by atoms with E-state index in [1.807, 2.05) is 0 Å². The van der Waals surface area contributed by atoms with Crippen LogP contribution in [0.2, 0.25) is 0 Å². The lowest BCUT2D eigenvalue weighted by atomic mass is 10.1. The summed E-state index contributed by atoms with van der Waals surface area (Å²) in [6.45, 7) is 3.67. The van der Waals surface area contributed by atoms with Crippen LogP contribution >= 0.6 is 0 Å². The number of carboxylic acid groups (broad SMARTS) is 1. The average Bonchev–Trinajstić information content (AvgIpc) is 2.06. The molecule has 0 amide bonds. The maximum absolute atomic E-state index is 10.5. The van der Waals surface area contributed by atoms with Gasteiger partial charge in [0.05, 0.1) is 0 Å². The van der Waals surface area contributed by atoms with E-state index < -0.39 is 12.0 Å². The normalized spacial score (nSPS) is 22.1. The molecule has 0 aliphatic carbocycles. The maximum atomic E-state index is 10.5. The number of piperidine rings is 1. The molecular formula is C8H16N2O2. The zero-order valence-corrected chi connectivity index (χ0v) is 7.34. The van der Waals surface area contributed by atoms with Crippen LogP contribution in [0.25, 0.3) is 0 Å². The van der Waals surface area contributed by atoms with Gasteiger partial charge in [-0.2, -0.15) is 0 Å². The minimum absolute atomic E-state index is 0.373. The summed E-state index contributed by atoms with van der Waals surface area (Å²) in [7, 11) is 0. The minimum atomic E-state index is -0.770. The van der Waals surface area contributed by atoms with Crippen molar-refractivity contribution in [3.05, 3.63) is 0 Å². The maximum Gasteiger partial charge on any atom is 0.320 e. The van der Waals surface area contributed by atoms with Crippen molar-refractivity contribution in [2.45, 2.75) is 31.8 Å². The molecule has 0 saturated carbocycles. The van der Waals surface area contributed by atoms with E-state index in [-0.39, 0.29) is 0 Å². The highest BCUT2D eigenvalue weighted by Crippen LogP contribution is 2.02. The molecule has 1 fully saturated rings. The van der Waals surface area contributed by atoms with Crippen LogP contribution in [0, 0.1) is 0 Å². The van der Waals surface area contributed by atoms with Crippen LogP contribution in [0.5, 0.6) is 0 Å². The third-order valence-corrected chi connectivity index (χ3v) is 2.20. The predicted molar refractivity (Wildman–Crippen MR) is 46.1 cm³/mol. The molecule has 0 bridgehead atoms. The van der Waals surface area contributed by atoms with Crippen LogP contribution < -0.4 is 10.6 Å². The van der Waals surface area contributed by atoms with Gasteiger partial charge in [-0.1, -0.05) is 0 Å². The third-order valence-electron chi connectivity index (χ3n) is 2.20.